The van der Waals surface area contributed by atoms with Gasteiger partial charge in [0.2, 0.25) is 0 Å². The zero-order valence-electron chi connectivity index (χ0n) is 10.2. The van der Waals surface area contributed by atoms with Crippen molar-refractivity contribution in [3.05, 3.63) is 24.0 Å². The van der Waals surface area contributed by atoms with Gasteiger partial charge in [0.25, 0.3) is 0 Å². The van der Waals surface area contributed by atoms with Gasteiger partial charge in [0.1, 0.15) is 12.2 Å². The Kier molecular flexibility index (Phi) is 3.93. The van der Waals surface area contributed by atoms with Gasteiger partial charge in [-0.3, -0.25) is 4.98 Å². The molecule has 1 aliphatic heterocycles. The SMILES string of the molecule is COC1CN(c2ccnc(CO)c2)CC1OC. The number of anilines is 1. The van der Waals surface area contributed by atoms with Gasteiger partial charge in [-0.25, -0.2) is 0 Å². The van der Waals surface area contributed by atoms with Gasteiger partial charge in [0.15, 0.2) is 0 Å². The van der Waals surface area contributed by atoms with Gasteiger partial charge in [0.05, 0.1) is 12.3 Å². The number of hydrogen-bond acceptors (Lipinski definition) is 5. The molecule has 0 spiro atoms. The molecule has 2 unspecified atom stereocenters. The van der Waals surface area contributed by atoms with Gasteiger partial charge in [-0.2, -0.15) is 0 Å². The summed E-state index contributed by atoms with van der Waals surface area (Å²) < 4.78 is 10.8. The Morgan fingerprint density at radius 1 is 1.35 bits per heavy atom. The van der Waals surface area contributed by atoms with E-state index < -0.39 is 0 Å². The molecule has 0 aromatic carbocycles. The Balaban J connectivity index is 2.13. The van der Waals surface area contributed by atoms with Crippen molar-refractivity contribution < 1.29 is 14.6 Å². The van der Waals surface area contributed by atoms with Crippen molar-refractivity contribution in [2.75, 3.05) is 32.2 Å². The monoisotopic (exact) mass is 238 g/mol. The number of pyridine rings is 1. The fourth-order valence-electron chi connectivity index (χ4n) is 2.16. The molecule has 94 valence electrons. The van der Waals surface area contributed by atoms with E-state index in [1.165, 1.54) is 0 Å². The molecule has 0 amide bonds. The van der Waals surface area contributed by atoms with Crippen molar-refractivity contribution in [1.29, 1.82) is 0 Å². The summed E-state index contributed by atoms with van der Waals surface area (Å²) in [6.45, 7) is 1.55. The lowest BCUT2D eigenvalue weighted by molar-refractivity contribution is -0.00461. The molecular weight excluding hydrogens is 220 g/mol. The molecule has 1 aliphatic rings. The lowest BCUT2D eigenvalue weighted by atomic mass is 10.3. The zero-order valence-corrected chi connectivity index (χ0v) is 10.2. The second kappa shape index (κ2) is 5.44. The Bertz CT molecular complexity index is 361. The van der Waals surface area contributed by atoms with Gasteiger partial charge in [0, 0.05) is 39.2 Å². The van der Waals surface area contributed by atoms with Crippen LogP contribution in [0, 0.1) is 0 Å². The molecule has 5 heteroatoms. The number of nitrogens with zero attached hydrogens (tertiary/aromatic N) is 2. The van der Waals surface area contributed by atoms with Gasteiger partial charge < -0.3 is 19.5 Å². The first-order valence-electron chi connectivity index (χ1n) is 5.64. The van der Waals surface area contributed by atoms with Gasteiger partial charge >= 0.3 is 0 Å². The van der Waals surface area contributed by atoms with Crippen LogP contribution in [0.3, 0.4) is 0 Å². The van der Waals surface area contributed by atoms with Crippen molar-refractivity contribution in [2.24, 2.45) is 0 Å². The summed E-state index contributed by atoms with van der Waals surface area (Å²) in [6, 6.07) is 3.83. The average molecular weight is 238 g/mol. The summed E-state index contributed by atoms with van der Waals surface area (Å²) in [7, 11) is 3.40. The molecule has 2 atom stereocenters. The molecule has 0 saturated carbocycles. The van der Waals surface area contributed by atoms with Gasteiger partial charge in [-0.15, -0.1) is 0 Å². The van der Waals surface area contributed by atoms with Crippen molar-refractivity contribution in [2.45, 2.75) is 18.8 Å². The molecule has 17 heavy (non-hydrogen) atoms. The van der Waals surface area contributed by atoms with Crippen molar-refractivity contribution in [3.63, 3.8) is 0 Å². The second-order valence-electron chi connectivity index (χ2n) is 4.12. The summed E-state index contributed by atoms with van der Waals surface area (Å²) in [5.74, 6) is 0. The first-order chi connectivity index (χ1) is 8.28. The van der Waals surface area contributed by atoms with E-state index in [0.29, 0.717) is 5.69 Å². The maximum absolute atomic E-state index is 9.07. The lowest BCUT2D eigenvalue weighted by Crippen LogP contribution is -2.27. The molecule has 2 heterocycles. The van der Waals surface area contributed by atoms with Crippen LogP contribution >= 0.6 is 0 Å². The third-order valence-electron chi connectivity index (χ3n) is 3.15. The Hall–Kier alpha value is -1.17. The zero-order chi connectivity index (χ0) is 12.3. The minimum atomic E-state index is -0.0386. The molecule has 1 aromatic rings. The maximum atomic E-state index is 9.07. The maximum Gasteiger partial charge on any atom is 0.102 e. The van der Waals surface area contributed by atoms with Crippen LogP contribution in [0.4, 0.5) is 5.69 Å². The van der Waals surface area contributed by atoms with Crippen LogP contribution in [-0.4, -0.2) is 49.6 Å². The summed E-state index contributed by atoms with van der Waals surface area (Å²) >= 11 is 0. The molecule has 5 nitrogen and oxygen atoms in total. The number of hydrogen-bond donors (Lipinski definition) is 1. The van der Waals surface area contributed by atoms with E-state index in [4.69, 9.17) is 14.6 Å². The molecule has 1 fully saturated rings. The van der Waals surface area contributed by atoms with Crippen molar-refractivity contribution >= 4 is 5.69 Å². The Morgan fingerprint density at radius 2 is 2.00 bits per heavy atom. The highest BCUT2D eigenvalue weighted by atomic mass is 16.5. The Labute approximate surface area is 101 Å². The fourth-order valence-corrected chi connectivity index (χ4v) is 2.16. The molecule has 0 aliphatic carbocycles. The summed E-state index contributed by atoms with van der Waals surface area (Å²) in [4.78, 5) is 6.25. The highest BCUT2D eigenvalue weighted by Gasteiger charge is 2.33. The molecule has 0 radical (unpaired) electrons. The van der Waals surface area contributed by atoms with Crippen LogP contribution in [-0.2, 0) is 16.1 Å². The summed E-state index contributed by atoms with van der Waals surface area (Å²) in [5, 5.41) is 9.07. The van der Waals surface area contributed by atoms with Gasteiger partial charge in [-0.05, 0) is 12.1 Å². The summed E-state index contributed by atoms with van der Waals surface area (Å²) in [6.07, 6.45) is 1.89. The molecule has 1 saturated heterocycles. The molecule has 2 rings (SSSR count). The predicted octanol–water partition coefficient (Wildman–Crippen LogP) is 0.424. The molecule has 1 N–H and O–H groups in total. The van der Waals surface area contributed by atoms with E-state index in [2.05, 4.69) is 9.88 Å². The Morgan fingerprint density at radius 3 is 2.53 bits per heavy atom. The second-order valence-corrected chi connectivity index (χ2v) is 4.12. The summed E-state index contributed by atoms with van der Waals surface area (Å²) in [5.41, 5.74) is 1.72. The minimum absolute atomic E-state index is 0.0386. The van der Waals surface area contributed by atoms with Crippen LogP contribution < -0.4 is 4.90 Å². The van der Waals surface area contributed by atoms with E-state index in [1.807, 2.05) is 12.1 Å². The topological polar surface area (TPSA) is 54.8 Å². The quantitative estimate of drug-likeness (QED) is 0.824. The largest absolute Gasteiger partial charge is 0.390 e. The van der Waals surface area contributed by atoms with Crippen LogP contribution in [0.2, 0.25) is 0 Å². The normalized spacial score (nSPS) is 24.3. The first-order valence-corrected chi connectivity index (χ1v) is 5.64. The van der Waals surface area contributed by atoms with E-state index in [0.717, 1.165) is 18.8 Å². The van der Waals surface area contributed by atoms with E-state index in [1.54, 1.807) is 20.4 Å². The third kappa shape index (κ3) is 2.57. The minimum Gasteiger partial charge on any atom is -0.390 e. The van der Waals surface area contributed by atoms with Crippen LogP contribution in [0.5, 0.6) is 0 Å². The van der Waals surface area contributed by atoms with E-state index >= 15 is 0 Å². The molecule has 0 bridgehead atoms. The smallest absolute Gasteiger partial charge is 0.102 e. The van der Waals surface area contributed by atoms with Crippen LogP contribution in [0.15, 0.2) is 18.3 Å². The van der Waals surface area contributed by atoms with E-state index in [9.17, 15) is 0 Å². The number of aromatic nitrogens is 1. The molecular formula is C12H18N2O3. The first kappa shape index (κ1) is 12.3. The standard InChI is InChI=1S/C12H18N2O3/c1-16-11-6-14(7-12(11)17-2)10-3-4-13-9(5-10)8-15/h3-5,11-12,15H,6-8H2,1-2H3. The lowest BCUT2D eigenvalue weighted by Gasteiger charge is -2.18. The fraction of sp³-hybridized carbons (Fsp3) is 0.583. The highest BCUT2D eigenvalue weighted by molar-refractivity contribution is 5.48. The van der Waals surface area contributed by atoms with Crippen LogP contribution in [0.25, 0.3) is 0 Å². The number of methoxy groups -OCH3 is 2. The number of aliphatic hydroxyl groups is 1. The highest BCUT2D eigenvalue weighted by Crippen LogP contribution is 2.23. The number of aliphatic hydroxyl groups excluding tert-OH is 1. The van der Waals surface area contributed by atoms with E-state index in [-0.39, 0.29) is 18.8 Å². The van der Waals surface area contributed by atoms with Crippen molar-refractivity contribution in [1.82, 2.24) is 4.98 Å². The predicted molar refractivity (Wildman–Crippen MR) is 64.0 cm³/mol. The average Bonchev–Trinajstić information content (AvgIpc) is 2.82. The third-order valence-corrected chi connectivity index (χ3v) is 3.15. The number of ether oxygens (including phenoxy) is 2. The van der Waals surface area contributed by atoms with Gasteiger partial charge in [-0.1, -0.05) is 0 Å². The van der Waals surface area contributed by atoms with Crippen molar-refractivity contribution in [3.8, 4) is 0 Å². The van der Waals surface area contributed by atoms with Crippen LogP contribution in [0.1, 0.15) is 5.69 Å². The molecule has 1 aromatic heterocycles. The number of rotatable bonds is 4.